The Bertz CT molecular complexity index is 599. The fraction of sp³-hybridized carbons (Fsp3) is 0.308. The molecular weight excluding hydrogens is 283 g/mol. The van der Waals surface area contributed by atoms with Crippen molar-refractivity contribution in [3.05, 3.63) is 34.2 Å². The van der Waals surface area contributed by atoms with Gasteiger partial charge in [0.25, 0.3) is 0 Å². The largest absolute Gasteiger partial charge is 0.344 e. The summed E-state index contributed by atoms with van der Waals surface area (Å²) in [6.45, 7) is 0. The highest BCUT2D eigenvalue weighted by atomic mass is 79.9. The number of benzene rings is 1. The van der Waals surface area contributed by atoms with E-state index in [2.05, 4.69) is 20.5 Å². The third-order valence-corrected chi connectivity index (χ3v) is 4.14. The summed E-state index contributed by atoms with van der Waals surface area (Å²) in [4.78, 5) is 0. The Kier molecular flexibility index (Phi) is 2.54. The van der Waals surface area contributed by atoms with Crippen LogP contribution in [0.2, 0.25) is 0 Å². The van der Waals surface area contributed by atoms with Gasteiger partial charge < -0.3 is 9.98 Å². The van der Waals surface area contributed by atoms with Crippen LogP contribution in [0.5, 0.6) is 0 Å². The lowest BCUT2D eigenvalue weighted by Gasteiger charge is -2.28. The smallest absolute Gasteiger partial charge is 0.138 e. The first-order valence-corrected chi connectivity index (χ1v) is 6.50. The topological polar surface area (TPSA) is 28.8 Å². The van der Waals surface area contributed by atoms with Gasteiger partial charge in [-0.3, -0.25) is 0 Å². The molecule has 2 nitrogen and oxygen atoms in total. The van der Waals surface area contributed by atoms with Crippen LogP contribution in [0.4, 0.5) is 4.39 Å². The van der Waals surface area contributed by atoms with E-state index in [1.807, 2.05) is 12.3 Å². The lowest BCUT2D eigenvalue weighted by molar-refractivity contribution is 0.321. The van der Waals surface area contributed by atoms with Crippen molar-refractivity contribution < 1.29 is 4.39 Å². The van der Waals surface area contributed by atoms with Gasteiger partial charge in [-0.1, -0.05) is 0 Å². The van der Waals surface area contributed by atoms with Crippen molar-refractivity contribution in [2.75, 3.05) is 0 Å². The van der Waals surface area contributed by atoms with Gasteiger partial charge >= 0.3 is 0 Å². The van der Waals surface area contributed by atoms with Crippen LogP contribution >= 0.6 is 15.9 Å². The maximum atomic E-state index is 13.5. The number of nitrogens with one attached hydrogen (secondary N) is 1. The number of hydrogen-bond donors (Lipinski definition) is 1. The second-order valence-electron chi connectivity index (χ2n) is 4.50. The summed E-state index contributed by atoms with van der Waals surface area (Å²) in [6.07, 6.45) is 6.87. The third-order valence-electron chi connectivity index (χ3n) is 3.53. The monoisotopic (exact) mass is 294 g/mol. The zero-order valence-electron chi connectivity index (χ0n) is 9.21. The number of halogens is 2. The molecule has 0 amide bonds. The molecule has 2 aromatic rings. The second kappa shape index (κ2) is 3.95. The van der Waals surface area contributed by atoms with E-state index in [1.165, 1.54) is 31.5 Å². The van der Waals surface area contributed by atoms with E-state index >= 15 is 0 Å². The molecule has 1 saturated carbocycles. The summed E-state index contributed by atoms with van der Waals surface area (Å²) in [5.74, 6) is -0.271. The van der Waals surface area contributed by atoms with Gasteiger partial charge in [-0.05, 0) is 47.3 Å². The Labute approximate surface area is 107 Å². The molecule has 1 aromatic heterocycles. The van der Waals surface area contributed by atoms with E-state index in [9.17, 15) is 4.39 Å². The Morgan fingerprint density at radius 3 is 2.76 bits per heavy atom. The molecule has 0 aliphatic heterocycles. The second-order valence-corrected chi connectivity index (χ2v) is 5.36. The van der Waals surface area contributed by atoms with Crippen molar-refractivity contribution in [3.63, 3.8) is 0 Å². The molecule has 4 heteroatoms. The molecule has 1 aromatic carbocycles. The molecule has 3 rings (SSSR count). The molecular formula is C13H12BrFN2. The van der Waals surface area contributed by atoms with Crippen LogP contribution in [0.15, 0.2) is 22.8 Å². The molecule has 1 aliphatic rings. The van der Waals surface area contributed by atoms with E-state index in [0.29, 0.717) is 10.5 Å². The van der Waals surface area contributed by atoms with E-state index in [0.717, 1.165) is 16.5 Å². The van der Waals surface area contributed by atoms with E-state index in [4.69, 9.17) is 5.41 Å². The van der Waals surface area contributed by atoms with Gasteiger partial charge in [0, 0.05) is 29.4 Å². The lowest BCUT2D eigenvalue weighted by Crippen LogP contribution is -2.15. The summed E-state index contributed by atoms with van der Waals surface area (Å²) in [5.41, 5.74) is 1.81. The van der Waals surface area contributed by atoms with Crippen LogP contribution in [0.1, 0.15) is 30.9 Å². The predicted octanol–water partition coefficient (Wildman–Crippen LogP) is 4.27. The molecule has 1 fully saturated rings. The molecule has 0 spiro atoms. The number of nitrogens with zero attached hydrogens (tertiary/aromatic N) is 1. The fourth-order valence-electron chi connectivity index (χ4n) is 2.35. The van der Waals surface area contributed by atoms with Gasteiger partial charge in [0.15, 0.2) is 0 Å². The zero-order valence-corrected chi connectivity index (χ0v) is 10.8. The van der Waals surface area contributed by atoms with Gasteiger partial charge in [-0.15, -0.1) is 0 Å². The molecule has 0 radical (unpaired) electrons. The van der Waals surface area contributed by atoms with Crippen LogP contribution in [0, 0.1) is 11.2 Å². The van der Waals surface area contributed by atoms with Crippen molar-refractivity contribution in [1.82, 2.24) is 4.57 Å². The molecule has 0 atom stereocenters. The highest BCUT2D eigenvalue weighted by molar-refractivity contribution is 9.10. The summed E-state index contributed by atoms with van der Waals surface area (Å²) in [7, 11) is 0. The van der Waals surface area contributed by atoms with Crippen molar-refractivity contribution in [2.24, 2.45) is 0 Å². The highest BCUT2D eigenvalue weighted by Crippen LogP contribution is 2.37. The van der Waals surface area contributed by atoms with Crippen LogP contribution in [0.3, 0.4) is 0 Å². The molecule has 1 aliphatic carbocycles. The minimum absolute atomic E-state index is 0.271. The highest BCUT2D eigenvalue weighted by Gasteiger charge is 2.22. The molecule has 0 bridgehead atoms. The van der Waals surface area contributed by atoms with E-state index in [1.54, 1.807) is 0 Å². The van der Waals surface area contributed by atoms with Crippen LogP contribution in [-0.2, 0) is 0 Å². The zero-order chi connectivity index (χ0) is 12.0. The summed E-state index contributed by atoms with van der Waals surface area (Å²) in [6, 6.07) is 3.84. The number of fused-ring (bicyclic) bond motifs is 1. The first-order chi connectivity index (χ1) is 8.20. The average Bonchev–Trinajstić information content (AvgIpc) is 2.56. The fourth-order valence-corrected chi connectivity index (χ4v) is 2.68. The van der Waals surface area contributed by atoms with Crippen LogP contribution in [0.25, 0.3) is 10.9 Å². The quantitative estimate of drug-likeness (QED) is 0.802. The average molecular weight is 295 g/mol. The van der Waals surface area contributed by atoms with Crippen molar-refractivity contribution in [2.45, 2.75) is 25.3 Å². The molecule has 0 unspecified atom stereocenters. The standard InChI is InChI=1S/C13H12BrFN2/c14-11-5-13-10(4-12(11)15)8(6-16)7-17(13)9-2-1-3-9/h4-7,9,16H,1-3H2. The van der Waals surface area contributed by atoms with Crippen LogP contribution < -0.4 is 0 Å². The van der Waals surface area contributed by atoms with Crippen molar-refractivity contribution in [3.8, 4) is 0 Å². The van der Waals surface area contributed by atoms with E-state index < -0.39 is 0 Å². The Balaban J connectivity index is 2.28. The molecule has 0 saturated heterocycles. The van der Waals surface area contributed by atoms with Crippen LogP contribution in [-0.4, -0.2) is 10.8 Å². The maximum absolute atomic E-state index is 13.5. The predicted molar refractivity (Wildman–Crippen MR) is 70.4 cm³/mol. The van der Waals surface area contributed by atoms with Crippen molar-refractivity contribution in [1.29, 1.82) is 5.41 Å². The summed E-state index contributed by atoms with van der Waals surface area (Å²) < 4.78 is 16.2. The van der Waals surface area contributed by atoms with Gasteiger partial charge in [0.05, 0.1) is 9.99 Å². The summed E-state index contributed by atoms with van der Waals surface area (Å²) in [5, 5.41) is 8.23. The van der Waals surface area contributed by atoms with Gasteiger partial charge in [0.1, 0.15) is 5.82 Å². The minimum atomic E-state index is -0.271. The first kappa shape index (κ1) is 11.0. The number of hydrogen-bond acceptors (Lipinski definition) is 1. The van der Waals surface area contributed by atoms with E-state index in [-0.39, 0.29) is 5.82 Å². The minimum Gasteiger partial charge on any atom is -0.344 e. The SMILES string of the molecule is N=Cc1cn(C2CCC2)c2cc(Br)c(F)cc12. The van der Waals surface area contributed by atoms with Crippen molar-refractivity contribution >= 4 is 33.0 Å². The number of rotatable bonds is 2. The molecule has 17 heavy (non-hydrogen) atoms. The van der Waals surface area contributed by atoms with Gasteiger partial charge in [0.2, 0.25) is 0 Å². The molecule has 88 valence electrons. The Hall–Kier alpha value is -1.16. The lowest BCUT2D eigenvalue weighted by atomic mass is 9.93. The molecule has 1 N–H and O–H groups in total. The van der Waals surface area contributed by atoms with Gasteiger partial charge in [-0.2, -0.15) is 0 Å². The third kappa shape index (κ3) is 1.62. The normalized spacial score (nSPS) is 16.1. The maximum Gasteiger partial charge on any atom is 0.138 e. The molecule has 1 heterocycles. The number of aromatic nitrogens is 1. The first-order valence-electron chi connectivity index (χ1n) is 5.71. The Morgan fingerprint density at radius 2 is 2.18 bits per heavy atom. The van der Waals surface area contributed by atoms with Gasteiger partial charge in [-0.25, -0.2) is 4.39 Å². The summed E-state index contributed by atoms with van der Waals surface area (Å²) >= 11 is 3.23. The Morgan fingerprint density at radius 1 is 1.41 bits per heavy atom.